The lowest BCUT2D eigenvalue weighted by molar-refractivity contribution is -0.119. The monoisotopic (exact) mass is 364 g/mol. The average molecular weight is 365 g/mol. The maximum Gasteiger partial charge on any atom is 0.264 e. The van der Waals surface area contributed by atoms with Crippen molar-refractivity contribution >= 4 is 24.0 Å². The Morgan fingerprint density at radius 2 is 1.22 bits per heavy atom. The number of hydrogen-bond donors (Lipinski definition) is 1. The van der Waals surface area contributed by atoms with Crippen LogP contribution in [0.4, 0.5) is 0 Å². The van der Waals surface area contributed by atoms with Gasteiger partial charge in [0.2, 0.25) is 0 Å². The third-order valence-corrected chi connectivity index (χ3v) is 6.65. The zero-order valence-corrected chi connectivity index (χ0v) is 17.1. The fourth-order valence-electron chi connectivity index (χ4n) is 2.61. The lowest BCUT2D eigenvalue weighted by Crippen LogP contribution is -2.18. The highest BCUT2D eigenvalue weighted by atomic mass is 32.2. The van der Waals surface area contributed by atoms with E-state index >= 15 is 0 Å². The largest absolute Gasteiger partial charge is 0.300 e. The van der Waals surface area contributed by atoms with Gasteiger partial charge in [0.25, 0.3) is 10.1 Å². The summed E-state index contributed by atoms with van der Waals surface area (Å²) in [4.78, 5) is 11.5. The summed E-state index contributed by atoms with van der Waals surface area (Å²) in [5.41, 5.74) is 0. The van der Waals surface area contributed by atoms with Crippen molar-refractivity contribution in [3.8, 4) is 0 Å². The van der Waals surface area contributed by atoms with Crippen molar-refractivity contribution in [1.29, 1.82) is 0 Å². The van der Waals surface area contributed by atoms with Gasteiger partial charge >= 0.3 is 0 Å². The first-order chi connectivity index (χ1) is 10.6. The zero-order valence-electron chi connectivity index (χ0n) is 15.3. The lowest BCUT2D eigenvalue weighted by atomic mass is 10.0. The summed E-state index contributed by atoms with van der Waals surface area (Å²) in [5.74, 6) is -0.198. The van der Waals surface area contributed by atoms with Gasteiger partial charge < -0.3 is 0 Å². The Morgan fingerprint density at radius 1 is 0.783 bits per heavy atom. The van der Waals surface area contributed by atoms with Crippen LogP contribution in [0.15, 0.2) is 0 Å². The van der Waals surface area contributed by atoms with E-state index in [1.165, 1.54) is 44.6 Å². The molecule has 6 heteroatoms. The summed E-state index contributed by atoms with van der Waals surface area (Å²) in [6, 6.07) is 1.44. The second-order valence-electron chi connectivity index (χ2n) is 7.82. The van der Waals surface area contributed by atoms with Crippen LogP contribution in [0.1, 0.15) is 70.6 Å². The third kappa shape index (κ3) is 19.8. The summed E-state index contributed by atoms with van der Waals surface area (Å²) >= 11 is 0. The lowest BCUT2D eigenvalue weighted by Gasteiger charge is -2.14. The van der Waals surface area contributed by atoms with Crippen LogP contribution >= 0.6 is 0 Å². The van der Waals surface area contributed by atoms with Crippen molar-refractivity contribution in [3.63, 3.8) is 0 Å². The molecule has 0 spiro atoms. The van der Waals surface area contributed by atoms with Crippen molar-refractivity contribution in [1.82, 2.24) is 0 Å². The van der Waals surface area contributed by atoms with E-state index in [1.807, 2.05) is 0 Å². The summed E-state index contributed by atoms with van der Waals surface area (Å²) in [7, 11) is -4.77. The second-order valence-corrected chi connectivity index (χ2v) is 15.0. The molecule has 1 N–H and O–H groups in total. The fraction of sp³-hybridized carbons (Fsp3) is 0.941. The number of hydrogen-bond acceptors (Lipinski definition) is 3. The van der Waals surface area contributed by atoms with Crippen LogP contribution in [0, 0.1) is 0 Å². The molecule has 138 valence electrons. The highest BCUT2D eigenvalue weighted by molar-refractivity contribution is 7.85. The SMILES string of the molecule is C[Si](C)(C)CCCCCCCCCCC(=O)CCCS(=O)(=O)O. The summed E-state index contributed by atoms with van der Waals surface area (Å²) < 4.78 is 29.7. The van der Waals surface area contributed by atoms with Gasteiger partial charge in [-0.2, -0.15) is 8.42 Å². The molecule has 0 radical (unpaired) electrons. The van der Waals surface area contributed by atoms with Gasteiger partial charge in [-0.05, 0) is 12.8 Å². The number of unbranched alkanes of at least 4 members (excludes halogenated alkanes) is 7. The molecule has 0 aliphatic rings. The maximum absolute atomic E-state index is 11.5. The van der Waals surface area contributed by atoms with Gasteiger partial charge in [0.05, 0.1) is 5.75 Å². The molecule has 0 aromatic heterocycles. The van der Waals surface area contributed by atoms with E-state index in [9.17, 15) is 13.2 Å². The minimum atomic E-state index is -3.92. The minimum absolute atomic E-state index is 0.111. The van der Waals surface area contributed by atoms with E-state index in [1.54, 1.807) is 0 Å². The van der Waals surface area contributed by atoms with Crippen LogP contribution in [0.2, 0.25) is 25.7 Å². The van der Waals surface area contributed by atoms with Crippen LogP contribution in [-0.4, -0.2) is 32.6 Å². The first-order valence-electron chi connectivity index (χ1n) is 9.07. The molecule has 0 unspecified atom stereocenters. The van der Waals surface area contributed by atoms with Gasteiger partial charge in [-0.1, -0.05) is 70.6 Å². The molecule has 0 amide bonds. The van der Waals surface area contributed by atoms with E-state index in [4.69, 9.17) is 4.55 Å². The van der Waals surface area contributed by atoms with Crippen LogP contribution < -0.4 is 0 Å². The van der Waals surface area contributed by atoms with E-state index in [0.717, 1.165) is 12.8 Å². The van der Waals surface area contributed by atoms with E-state index in [-0.39, 0.29) is 24.4 Å². The standard InChI is InChI=1S/C17H36O4SSi/c1-23(2,3)16-11-9-7-5-4-6-8-10-13-17(18)14-12-15-22(19,20)21/h4-16H2,1-3H3,(H,19,20,21). The van der Waals surface area contributed by atoms with Crippen LogP contribution in [0.5, 0.6) is 0 Å². The van der Waals surface area contributed by atoms with Crippen molar-refractivity contribution < 1.29 is 17.8 Å². The number of carbonyl (C=O) groups excluding carboxylic acids is 1. The Bertz CT molecular complexity index is 413. The van der Waals surface area contributed by atoms with Crippen LogP contribution in [0.25, 0.3) is 0 Å². The molecule has 0 saturated carbocycles. The molecule has 23 heavy (non-hydrogen) atoms. The maximum atomic E-state index is 11.5. The summed E-state index contributed by atoms with van der Waals surface area (Å²) in [6.07, 6.45) is 10.8. The number of ketones is 1. The fourth-order valence-corrected chi connectivity index (χ4v) is 4.43. The number of carbonyl (C=O) groups is 1. The number of Topliss-reactive ketones (excluding diaryl/α,β-unsaturated/α-hetero) is 1. The molecule has 0 atom stereocenters. The normalized spacial score (nSPS) is 12.5. The predicted octanol–water partition coefficient (Wildman–Crippen LogP) is 5.07. The molecule has 0 aromatic carbocycles. The molecule has 0 aromatic rings. The molecule has 4 nitrogen and oxygen atoms in total. The van der Waals surface area contributed by atoms with Crippen molar-refractivity contribution in [2.45, 2.75) is 96.3 Å². The average Bonchev–Trinajstić information content (AvgIpc) is 2.38. The molecule has 0 aliphatic carbocycles. The van der Waals surface area contributed by atoms with Crippen molar-refractivity contribution in [2.24, 2.45) is 0 Å². The summed E-state index contributed by atoms with van der Waals surface area (Å²) in [6.45, 7) is 7.28. The number of rotatable bonds is 15. The Balaban J connectivity index is 3.31. The van der Waals surface area contributed by atoms with Gasteiger partial charge in [-0.15, -0.1) is 0 Å². The van der Waals surface area contributed by atoms with Gasteiger partial charge in [0.15, 0.2) is 0 Å². The predicted molar refractivity (Wildman–Crippen MR) is 100 cm³/mol. The van der Waals surface area contributed by atoms with Crippen molar-refractivity contribution in [3.05, 3.63) is 0 Å². The van der Waals surface area contributed by atoms with Crippen molar-refractivity contribution in [2.75, 3.05) is 5.75 Å². The van der Waals surface area contributed by atoms with E-state index in [2.05, 4.69) is 19.6 Å². The molecule has 0 aliphatic heterocycles. The van der Waals surface area contributed by atoms with Gasteiger partial charge in [0, 0.05) is 20.9 Å². The molecule has 0 rings (SSSR count). The van der Waals surface area contributed by atoms with E-state index in [0.29, 0.717) is 6.42 Å². The molecule has 0 heterocycles. The Hall–Kier alpha value is -0.203. The first kappa shape index (κ1) is 22.8. The summed E-state index contributed by atoms with van der Waals surface area (Å²) in [5, 5.41) is 0. The van der Waals surface area contributed by atoms with Gasteiger partial charge in [0.1, 0.15) is 5.78 Å². The molecule has 0 saturated heterocycles. The van der Waals surface area contributed by atoms with E-state index < -0.39 is 18.2 Å². The second kappa shape index (κ2) is 12.2. The molecule has 0 fully saturated rings. The third-order valence-electron chi connectivity index (χ3n) is 3.99. The Labute approximate surface area is 144 Å². The Kier molecular flexibility index (Phi) is 12.1. The molecular weight excluding hydrogens is 328 g/mol. The van der Waals surface area contributed by atoms with Crippen LogP contribution in [-0.2, 0) is 14.9 Å². The topological polar surface area (TPSA) is 71.4 Å². The first-order valence-corrected chi connectivity index (χ1v) is 14.4. The quantitative estimate of drug-likeness (QED) is 0.250. The highest BCUT2D eigenvalue weighted by Crippen LogP contribution is 2.16. The molecule has 0 bridgehead atoms. The highest BCUT2D eigenvalue weighted by Gasteiger charge is 2.11. The van der Waals surface area contributed by atoms with Crippen LogP contribution in [0.3, 0.4) is 0 Å². The minimum Gasteiger partial charge on any atom is -0.300 e. The molecular formula is C17H36O4SSi. The Morgan fingerprint density at radius 3 is 1.70 bits per heavy atom. The smallest absolute Gasteiger partial charge is 0.264 e. The van der Waals surface area contributed by atoms with Gasteiger partial charge in [-0.3, -0.25) is 9.35 Å². The van der Waals surface area contributed by atoms with Gasteiger partial charge in [-0.25, -0.2) is 0 Å². The zero-order chi connectivity index (χ0) is 17.8.